The highest BCUT2D eigenvalue weighted by Crippen LogP contribution is 2.15. The van der Waals surface area contributed by atoms with Crippen LogP contribution in [0.4, 0.5) is 8.78 Å². The van der Waals surface area contributed by atoms with E-state index in [0.717, 1.165) is 28.6 Å². The summed E-state index contributed by atoms with van der Waals surface area (Å²) in [6, 6.07) is 9.19. The van der Waals surface area contributed by atoms with Gasteiger partial charge in [0.15, 0.2) is 0 Å². The molecule has 0 unspecified atom stereocenters. The first-order chi connectivity index (χ1) is 12.1. The van der Waals surface area contributed by atoms with Gasteiger partial charge in [-0.25, -0.2) is 34.6 Å². The Bertz CT molecular complexity index is 979. The summed E-state index contributed by atoms with van der Waals surface area (Å²) >= 11 is 0. The van der Waals surface area contributed by atoms with Gasteiger partial charge in [0.25, 0.3) is 0 Å². The van der Waals surface area contributed by atoms with Crippen molar-refractivity contribution in [2.24, 2.45) is 0 Å². The number of rotatable bonds is 8. The van der Waals surface area contributed by atoms with Crippen molar-refractivity contribution >= 4 is 20.0 Å². The molecule has 0 bridgehead atoms. The van der Waals surface area contributed by atoms with Crippen LogP contribution in [-0.4, -0.2) is 41.3 Å². The predicted molar refractivity (Wildman–Crippen MR) is 92.4 cm³/mol. The minimum atomic E-state index is -3.88. The molecule has 0 saturated carbocycles. The number of hydrogen-bond donors (Lipinski definition) is 1. The fraction of sp³-hybridized carbons (Fsp3) is 0.250. The van der Waals surface area contributed by atoms with Crippen LogP contribution in [0.2, 0.25) is 0 Å². The molecule has 142 valence electrons. The Balaban J connectivity index is 1.93. The predicted octanol–water partition coefficient (Wildman–Crippen LogP) is 1.95. The van der Waals surface area contributed by atoms with Gasteiger partial charge in [0.2, 0.25) is 20.0 Å². The van der Waals surface area contributed by atoms with Crippen LogP contribution in [0.15, 0.2) is 58.3 Å². The van der Waals surface area contributed by atoms with E-state index in [9.17, 15) is 25.6 Å². The monoisotopic (exact) mass is 404 g/mol. The molecular formula is C16H18F2N2O4S2. The summed E-state index contributed by atoms with van der Waals surface area (Å²) in [6.45, 7) is -0.0215. The van der Waals surface area contributed by atoms with Crippen LogP contribution in [0.3, 0.4) is 0 Å². The number of halogens is 2. The first-order valence-electron chi connectivity index (χ1n) is 7.60. The van der Waals surface area contributed by atoms with Gasteiger partial charge in [0.05, 0.1) is 9.79 Å². The van der Waals surface area contributed by atoms with Gasteiger partial charge in [0.1, 0.15) is 11.6 Å². The largest absolute Gasteiger partial charge is 0.242 e. The lowest BCUT2D eigenvalue weighted by Gasteiger charge is -2.17. The van der Waals surface area contributed by atoms with Crippen molar-refractivity contribution in [3.8, 4) is 0 Å². The molecule has 2 aromatic carbocycles. The van der Waals surface area contributed by atoms with Gasteiger partial charge in [-0.05, 0) is 42.8 Å². The number of nitrogens with one attached hydrogen (secondary N) is 1. The maximum atomic E-state index is 13.2. The molecule has 0 saturated heterocycles. The third-order valence-corrected chi connectivity index (χ3v) is 6.86. The van der Waals surface area contributed by atoms with E-state index in [0.29, 0.717) is 0 Å². The first kappa shape index (κ1) is 20.4. The quantitative estimate of drug-likeness (QED) is 0.682. The van der Waals surface area contributed by atoms with E-state index in [1.165, 1.54) is 31.3 Å². The standard InChI is InChI=1S/C16H18F2N2O4S2/c1-20(26(23,24)16-8-3-6-14(18)12-16)10-4-9-19-25(21,22)15-7-2-5-13(17)11-15/h2-3,5-8,11-12,19H,4,9-10H2,1H3. The van der Waals surface area contributed by atoms with Crippen molar-refractivity contribution in [1.82, 2.24) is 9.03 Å². The van der Waals surface area contributed by atoms with Crippen molar-refractivity contribution in [3.63, 3.8) is 0 Å². The lowest BCUT2D eigenvalue weighted by Crippen LogP contribution is -2.31. The van der Waals surface area contributed by atoms with Gasteiger partial charge in [-0.3, -0.25) is 0 Å². The molecule has 10 heteroatoms. The van der Waals surface area contributed by atoms with E-state index in [1.54, 1.807) is 0 Å². The summed E-state index contributed by atoms with van der Waals surface area (Å²) in [5.74, 6) is -1.34. The summed E-state index contributed by atoms with van der Waals surface area (Å²) in [6.07, 6.45) is 0.180. The van der Waals surface area contributed by atoms with Gasteiger partial charge in [-0.1, -0.05) is 12.1 Å². The number of benzene rings is 2. The minimum Gasteiger partial charge on any atom is -0.211 e. The number of hydrogen-bond acceptors (Lipinski definition) is 4. The number of sulfonamides is 2. The van der Waals surface area contributed by atoms with Crippen LogP contribution in [-0.2, 0) is 20.0 Å². The molecule has 1 N–H and O–H groups in total. The van der Waals surface area contributed by atoms with Crippen LogP contribution >= 0.6 is 0 Å². The smallest absolute Gasteiger partial charge is 0.211 e. The molecule has 0 spiro atoms. The second-order valence-corrected chi connectivity index (χ2v) is 9.30. The molecule has 0 amide bonds. The maximum absolute atomic E-state index is 13.2. The van der Waals surface area contributed by atoms with Gasteiger partial charge in [-0.2, -0.15) is 0 Å². The summed E-state index contributed by atoms with van der Waals surface area (Å²) in [7, 11) is -6.43. The summed E-state index contributed by atoms with van der Waals surface area (Å²) in [5.41, 5.74) is 0. The van der Waals surface area contributed by atoms with Crippen molar-refractivity contribution in [1.29, 1.82) is 0 Å². The average Bonchev–Trinajstić information content (AvgIpc) is 2.58. The molecule has 0 aromatic heterocycles. The van der Waals surface area contributed by atoms with E-state index in [1.807, 2.05) is 0 Å². The van der Waals surface area contributed by atoms with Crippen LogP contribution in [0.1, 0.15) is 6.42 Å². The van der Waals surface area contributed by atoms with Gasteiger partial charge in [0, 0.05) is 20.1 Å². The Kier molecular flexibility index (Phi) is 6.45. The SMILES string of the molecule is CN(CCCNS(=O)(=O)c1cccc(F)c1)S(=O)(=O)c1cccc(F)c1. The fourth-order valence-corrected chi connectivity index (χ4v) is 4.50. The van der Waals surface area contributed by atoms with Crippen LogP contribution < -0.4 is 4.72 Å². The molecule has 0 aliphatic carbocycles. The average molecular weight is 404 g/mol. The van der Waals surface area contributed by atoms with E-state index in [4.69, 9.17) is 0 Å². The Morgan fingerprint density at radius 2 is 1.46 bits per heavy atom. The topological polar surface area (TPSA) is 83.6 Å². The molecular weight excluding hydrogens is 386 g/mol. The second-order valence-electron chi connectivity index (χ2n) is 5.49. The summed E-state index contributed by atoms with van der Waals surface area (Å²) in [4.78, 5) is -0.390. The van der Waals surface area contributed by atoms with Crippen molar-refractivity contribution in [2.45, 2.75) is 16.2 Å². The van der Waals surface area contributed by atoms with Crippen molar-refractivity contribution in [3.05, 3.63) is 60.2 Å². The minimum absolute atomic E-state index is 0.0184. The van der Waals surface area contributed by atoms with E-state index < -0.39 is 31.7 Å². The highest BCUT2D eigenvalue weighted by atomic mass is 32.2. The zero-order chi connectivity index (χ0) is 19.4. The molecule has 0 aliphatic rings. The third kappa shape index (κ3) is 5.07. The Morgan fingerprint density at radius 1 is 0.923 bits per heavy atom. The molecule has 26 heavy (non-hydrogen) atoms. The zero-order valence-corrected chi connectivity index (χ0v) is 15.5. The normalized spacial score (nSPS) is 12.5. The van der Waals surface area contributed by atoms with E-state index >= 15 is 0 Å². The van der Waals surface area contributed by atoms with Gasteiger partial charge in [-0.15, -0.1) is 0 Å². The third-order valence-electron chi connectivity index (χ3n) is 3.55. The molecule has 0 heterocycles. The molecule has 2 aromatic rings. The van der Waals surface area contributed by atoms with Crippen LogP contribution in [0.25, 0.3) is 0 Å². The molecule has 0 fully saturated rings. The van der Waals surface area contributed by atoms with Crippen molar-refractivity contribution < 1.29 is 25.6 Å². The highest BCUT2D eigenvalue weighted by molar-refractivity contribution is 7.89. The molecule has 0 atom stereocenters. The molecule has 0 radical (unpaired) electrons. The highest BCUT2D eigenvalue weighted by Gasteiger charge is 2.21. The van der Waals surface area contributed by atoms with Gasteiger partial charge >= 0.3 is 0 Å². The summed E-state index contributed by atoms with van der Waals surface area (Å²) in [5, 5.41) is 0. The van der Waals surface area contributed by atoms with Crippen molar-refractivity contribution in [2.75, 3.05) is 20.1 Å². The van der Waals surface area contributed by atoms with Crippen LogP contribution in [0, 0.1) is 11.6 Å². The lowest BCUT2D eigenvalue weighted by molar-refractivity contribution is 0.459. The fourth-order valence-electron chi connectivity index (χ4n) is 2.15. The lowest BCUT2D eigenvalue weighted by atomic mass is 10.4. The summed E-state index contributed by atoms with van der Waals surface area (Å²) < 4.78 is 78.3. The Morgan fingerprint density at radius 3 is 2.04 bits per heavy atom. The molecule has 2 rings (SSSR count). The maximum Gasteiger partial charge on any atom is 0.242 e. The molecule has 0 aliphatic heterocycles. The Labute approximate surface area is 151 Å². The van der Waals surface area contributed by atoms with E-state index in [2.05, 4.69) is 4.72 Å². The number of nitrogens with zero attached hydrogens (tertiary/aromatic N) is 1. The van der Waals surface area contributed by atoms with Crippen LogP contribution in [0.5, 0.6) is 0 Å². The molecule has 6 nitrogen and oxygen atoms in total. The zero-order valence-electron chi connectivity index (χ0n) is 13.9. The Hall–Kier alpha value is -1.88. The second kappa shape index (κ2) is 8.21. The van der Waals surface area contributed by atoms with E-state index in [-0.39, 0.29) is 29.3 Å². The first-order valence-corrected chi connectivity index (χ1v) is 10.5. The van der Waals surface area contributed by atoms with Gasteiger partial charge < -0.3 is 0 Å².